The molecule has 1 aliphatic rings. The minimum atomic E-state index is -4.56. The van der Waals surface area contributed by atoms with E-state index in [9.17, 15) is 13.2 Å². The van der Waals surface area contributed by atoms with Crippen molar-refractivity contribution in [1.82, 2.24) is 15.0 Å². The number of hydrogen-bond donors (Lipinski definition) is 1. The molecule has 8 heteroatoms. The predicted octanol–water partition coefficient (Wildman–Crippen LogP) is 3.28. The lowest BCUT2D eigenvalue weighted by molar-refractivity contribution is -0.137. The molecule has 1 aromatic heterocycles. The van der Waals surface area contributed by atoms with Crippen LogP contribution in [0.2, 0.25) is 0 Å². The van der Waals surface area contributed by atoms with Crippen molar-refractivity contribution < 1.29 is 13.2 Å². The fourth-order valence-electron chi connectivity index (χ4n) is 2.55. The van der Waals surface area contributed by atoms with Crippen LogP contribution in [0.15, 0.2) is 36.7 Å². The van der Waals surface area contributed by atoms with Crippen LogP contribution in [-0.2, 0) is 6.18 Å². The molecule has 2 aromatic rings. The summed E-state index contributed by atoms with van der Waals surface area (Å²) in [5.41, 5.74) is -0.0288. The van der Waals surface area contributed by atoms with E-state index in [1.807, 2.05) is 6.08 Å². The second-order valence-corrected chi connectivity index (χ2v) is 5.17. The molecule has 0 fully saturated rings. The second kappa shape index (κ2) is 5.76. The van der Waals surface area contributed by atoms with E-state index in [2.05, 4.69) is 15.6 Å². The number of anilines is 1. The van der Waals surface area contributed by atoms with Crippen LogP contribution in [0.3, 0.4) is 0 Å². The van der Waals surface area contributed by atoms with Crippen LogP contribution in [0.25, 0.3) is 5.70 Å². The maximum atomic E-state index is 13.0. The van der Waals surface area contributed by atoms with Crippen LogP contribution in [0.4, 0.5) is 18.9 Å². The summed E-state index contributed by atoms with van der Waals surface area (Å²) in [6.07, 6.45) is 2.15. The summed E-state index contributed by atoms with van der Waals surface area (Å²) in [5.74, 6) is 0. The smallest absolute Gasteiger partial charge is 0.379 e. The van der Waals surface area contributed by atoms with Gasteiger partial charge in [-0.25, -0.2) is 4.68 Å². The highest BCUT2D eigenvalue weighted by Gasteiger charge is 2.34. The third kappa shape index (κ3) is 3.18. The van der Waals surface area contributed by atoms with Gasteiger partial charge in [0, 0.05) is 17.4 Å². The largest absolute Gasteiger partial charge is 0.417 e. The fourth-order valence-corrected chi connectivity index (χ4v) is 2.55. The molecule has 5 nitrogen and oxygen atoms in total. The van der Waals surface area contributed by atoms with Crippen molar-refractivity contribution in [1.29, 1.82) is 5.26 Å². The third-order valence-corrected chi connectivity index (χ3v) is 3.62. The molecule has 0 saturated heterocycles. The zero-order valence-corrected chi connectivity index (χ0v) is 11.9. The monoisotopic (exact) mass is 319 g/mol. The molecule has 0 radical (unpaired) electrons. The summed E-state index contributed by atoms with van der Waals surface area (Å²) in [5, 5.41) is 19.5. The molecule has 118 valence electrons. The molecule has 1 atom stereocenters. The van der Waals surface area contributed by atoms with Gasteiger partial charge in [-0.2, -0.15) is 18.4 Å². The van der Waals surface area contributed by atoms with Gasteiger partial charge >= 0.3 is 6.18 Å². The first-order chi connectivity index (χ1) is 11.0. The van der Waals surface area contributed by atoms with Crippen molar-refractivity contribution in [2.45, 2.75) is 25.1 Å². The number of benzene rings is 1. The first-order valence-electron chi connectivity index (χ1n) is 6.92. The molecule has 0 amide bonds. The Morgan fingerprint density at radius 2 is 2.17 bits per heavy atom. The van der Waals surface area contributed by atoms with Crippen LogP contribution < -0.4 is 5.32 Å². The topological polar surface area (TPSA) is 66.5 Å². The summed E-state index contributed by atoms with van der Waals surface area (Å²) >= 11 is 0. The lowest BCUT2D eigenvalue weighted by Crippen LogP contribution is -2.15. The van der Waals surface area contributed by atoms with Gasteiger partial charge < -0.3 is 5.32 Å². The highest BCUT2D eigenvalue weighted by atomic mass is 19.4. The Kier molecular flexibility index (Phi) is 3.78. The van der Waals surface area contributed by atoms with Crippen molar-refractivity contribution in [3.8, 4) is 6.07 Å². The Labute approximate surface area is 130 Å². The van der Waals surface area contributed by atoms with E-state index in [1.54, 1.807) is 23.1 Å². The number of halogens is 3. The highest BCUT2D eigenvalue weighted by molar-refractivity contribution is 5.57. The number of alkyl halides is 3. The van der Waals surface area contributed by atoms with E-state index >= 15 is 0 Å². The predicted molar refractivity (Wildman–Crippen MR) is 77.1 cm³/mol. The molecule has 1 unspecified atom stereocenters. The van der Waals surface area contributed by atoms with Crippen molar-refractivity contribution in [2.75, 3.05) is 5.32 Å². The minimum absolute atomic E-state index is 0.0942. The number of nitrogens with one attached hydrogen (secondary N) is 1. The van der Waals surface area contributed by atoms with Gasteiger partial charge in [-0.05, 0) is 37.1 Å². The van der Waals surface area contributed by atoms with Crippen LogP contribution in [0.1, 0.15) is 24.0 Å². The van der Waals surface area contributed by atoms with E-state index in [-0.39, 0.29) is 11.6 Å². The maximum Gasteiger partial charge on any atom is 0.417 e. The Hall–Kier alpha value is -2.82. The molecule has 1 aliphatic carbocycles. The van der Waals surface area contributed by atoms with Crippen molar-refractivity contribution in [3.05, 3.63) is 47.8 Å². The van der Waals surface area contributed by atoms with Gasteiger partial charge in [-0.3, -0.25) is 0 Å². The molecule has 0 aliphatic heterocycles. The number of nitrogens with zero attached hydrogens (tertiary/aromatic N) is 4. The van der Waals surface area contributed by atoms with E-state index in [4.69, 9.17) is 5.26 Å². The number of nitriles is 1. The summed E-state index contributed by atoms with van der Waals surface area (Å²) < 4.78 is 40.5. The van der Waals surface area contributed by atoms with Crippen LogP contribution in [0, 0.1) is 11.3 Å². The lowest BCUT2D eigenvalue weighted by atomic mass is 10.1. The zero-order valence-electron chi connectivity index (χ0n) is 11.9. The highest BCUT2D eigenvalue weighted by Crippen LogP contribution is 2.34. The Balaban J connectivity index is 1.80. The molecule has 0 bridgehead atoms. The summed E-state index contributed by atoms with van der Waals surface area (Å²) in [7, 11) is 0. The van der Waals surface area contributed by atoms with Gasteiger partial charge in [0.15, 0.2) is 0 Å². The quantitative estimate of drug-likeness (QED) is 0.943. The van der Waals surface area contributed by atoms with Gasteiger partial charge in [0.1, 0.15) is 0 Å². The summed E-state index contributed by atoms with van der Waals surface area (Å²) in [6.45, 7) is 0. The molecule has 0 saturated carbocycles. The normalized spacial score (nSPS) is 17.7. The van der Waals surface area contributed by atoms with E-state index < -0.39 is 11.7 Å². The SMILES string of the molecule is N#Cc1ccc(NC2C=C(n3ccnn3)CC2)cc1C(F)(F)F. The van der Waals surface area contributed by atoms with Gasteiger partial charge in [0.05, 0.1) is 29.6 Å². The maximum absolute atomic E-state index is 13.0. The molecule has 23 heavy (non-hydrogen) atoms. The summed E-state index contributed by atoms with van der Waals surface area (Å²) in [4.78, 5) is 0. The van der Waals surface area contributed by atoms with Crippen LogP contribution in [-0.4, -0.2) is 21.0 Å². The number of aromatic nitrogens is 3. The van der Waals surface area contributed by atoms with Gasteiger partial charge in [0.25, 0.3) is 0 Å². The molecule has 3 rings (SSSR count). The van der Waals surface area contributed by atoms with Crippen molar-refractivity contribution in [3.63, 3.8) is 0 Å². The van der Waals surface area contributed by atoms with Gasteiger partial charge in [-0.1, -0.05) is 5.21 Å². The molecule has 1 heterocycles. The lowest BCUT2D eigenvalue weighted by Gasteiger charge is -2.15. The Morgan fingerprint density at radius 3 is 2.83 bits per heavy atom. The molecule has 1 N–H and O–H groups in total. The summed E-state index contributed by atoms with van der Waals surface area (Å²) in [6, 6.07) is 5.11. The van der Waals surface area contributed by atoms with E-state index in [0.717, 1.165) is 24.6 Å². The van der Waals surface area contributed by atoms with E-state index in [0.29, 0.717) is 5.69 Å². The first-order valence-corrected chi connectivity index (χ1v) is 6.92. The van der Waals surface area contributed by atoms with Crippen molar-refractivity contribution >= 4 is 11.4 Å². The van der Waals surface area contributed by atoms with Crippen molar-refractivity contribution in [2.24, 2.45) is 0 Å². The average Bonchev–Trinajstić information content (AvgIpc) is 3.17. The number of allylic oxidation sites excluding steroid dienone is 1. The van der Waals surface area contributed by atoms with Gasteiger partial charge in [0.2, 0.25) is 0 Å². The third-order valence-electron chi connectivity index (χ3n) is 3.62. The number of hydrogen-bond acceptors (Lipinski definition) is 4. The zero-order chi connectivity index (χ0) is 16.4. The Morgan fingerprint density at radius 1 is 1.35 bits per heavy atom. The molecular weight excluding hydrogens is 307 g/mol. The van der Waals surface area contributed by atoms with Crippen LogP contribution >= 0.6 is 0 Å². The molecule has 1 aromatic carbocycles. The molecule has 0 spiro atoms. The molecular formula is C15H12F3N5. The number of rotatable bonds is 3. The fraction of sp³-hybridized carbons (Fsp3) is 0.267. The van der Waals surface area contributed by atoms with Gasteiger partial charge in [-0.15, -0.1) is 5.10 Å². The van der Waals surface area contributed by atoms with Crippen LogP contribution in [0.5, 0.6) is 0 Å². The second-order valence-electron chi connectivity index (χ2n) is 5.17. The van der Waals surface area contributed by atoms with E-state index in [1.165, 1.54) is 12.1 Å². The average molecular weight is 319 g/mol. The first kappa shape index (κ1) is 15.1. The Bertz CT molecular complexity index is 771. The standard InChI is InChI=1S/C15H12F3N5/c16-15(17,18)14-8-12(2-1-10(14)9-19)21-11-3-4-13(7-11)23-6-5-20-22-23/h1-2,5-8,11,21H,3-4H2. The minimum Gasteiger partial charge on any atom is -0.379 e.